The third-order valence-corrected chi connectivity index (χ3v) is 4.52. The largest absolute Gasteiger partial charge is 0.483 e. The molecule has 0 spiro atoms. The average Bonchev–Trinajstić information content (AvgIpc) is 3.21. The number of para-hydroxylation sites is 1. The number of hydrogen-bond donors (Lipinski definition) is 1. The van der Waals surface area contributed by atoms with Gasteiger partial charge in [-0.3, -0.25) is 14.9 Å². The molecule has 0 bridgehead atoms. The van der Waals surface area contributed by atoms with Crippen molar-refractivity contribution in [2.75, 3.05) is 6.61 Å². The SMILES string of the molecule is Cc1ccc(C(C)C)c(OCC(=O)N/N=C/c2ccc(-c3ccccc3[N+](=O)[O-])o2)c1. The number of ether oxygens (including phenoxy) is 1. The third kappa shape index (κ3) is 5.57. The molecule has 3 aromatic rings. The number of amides is 1. The van der Waals surface area contributed by atoms with E-state index in [4.69, 9.17) is 9.15 Å². The van der Waals surface area contributed by atoms with Crippen LogP contribution in [-0.4, -0.2) is 23.7 Å². The van der Waals surface area contributed by atoms with E-state index in [0.29, 0.717) is 22.8 Å². The topological polar surface area (TPSA) is 107 Å². The maximum absolute atomic E-state index is 12.1. The standard InChI is InChI=1S/C23H23N3O5/c1-15(2)18-10-8-16(3)12-22(18)30-14-23(27)25-24-13-17-9-11-21(31-17)19-6-4-5-7-20(19)26(28)29/h4-13,15H,14H2,1-3H3,(H,25,27)/b24-13+. The highest BCUT2D eigenvalue weighted by Crippen LogP contribution is 2.30. The summed E-state index contributed by atoms with van der Waals surface area (Å²) in [7, 11) is 0. The van der Waals surface area contributed by atoms with Gasteiger partial charge in [-0.1, -0.05) is 38.1 Å². The van der Waals surface area contributed by atoms with E-state index < -0.39 is 10.8 Å². The summed E-state index contributed by atoms with van der Waals surface area (Å²) >= 11 is 0. The van der Waals surface area contributed by atoms with Crippen LogP contribution in [0.3, 0.4) is 0 Å². The summed E-state index contributed by atoms with van der Waals surface area (Å²) < 4.78 is 11.3. The van der Waals surface area contributed by atoms with Crippen LogP contribution in [0.4, 0.5) is 5.69 Å². The smallest absolute Gasteiger partial charge is 0.280 e. The van der Waals surface area contributed by atoms with Crippen molar-refractivity contribution >= 4 is 17.8 Å². The summed E-state index contributed by atoms with van der Waals surface area (Å²) in [5.74, 6) is 1.21. The molecule has 0 saturated heterocycles. The van der Waals surface area contributed by atoms with E-state index >= 15 is 0 Å². The Morgan fingerprint density at radius 3 is 2.74 bits per heavy atom. The zero-order chi connectivity index (χ0) is 22.4. The van der Waals surface area contributed by atoms with Crippen LogP contribution in [0, 0.1) is 17.0 Å². The van der Waals surface area contributed by atoms with E-state index in [1.54, 1.807) is 30.3 Å². The molecule has 31 heavy (non-hydrogen) atoms. The Kier molecular flexibility index (Phi) is 6.81. The average molecular weight is 421 g/mol. The second-order valence-corrected chi connectivity index (χ2v) is 7.25. The van der Waals surface area contributed by atoms with Crippen molar-refractivity contribution in [2.24, 2.45) is 5.10 Å². The minimum Gasteiger partial charge on any atom is -0.483 e. The quantitative estimate of drug-likeness (QED) is 0.319. The van der Waals surface area contributed by atoms with Gasteiger partial charge in [0.25, 0.3) is 11.6 Å². The number of nitro benzene ring substituents is 1. The van der Waals surface area contributed by atoms with E-state index in [-0.39, 0.29) is 18.2 Å². The van der Waals surface area contributed by atoms with E-state index in [2.05, 4.69) is 24.4 Å². The van der Waals surface area contributed by atoms with Crippen LogP contribution < -0.4 is 10.2 Å². The number of rotatable bonds is 8. The van der Waals surface area contributed by atoms with Gasteiger partial charge in [-0.25, -0.2) is 5.43 Å². The molecule has 0 aliphatic heterocycles. The van der Waals surface area contributed by atoms with Gasteiger partial charge in [0.15, 0.2) is 6.61 Å². The highest BCUT2D eigenvalue weighted by atomic mass is 16.6. The molecule has 160 valence electrons. The van der Waals surface area contributed by atoms with E-state index in [1.807, 2.05) is 25.1 Å². The van der Waals surface area contributed by atoms with Crippen molar-refractivity contribution in [3.05, 3.63) is 81.6 Å². The number of aryl methyl sites for hydroxylation is 1. The number of nitrogens with one attached hydrogen (secondary N) is 1. The molecule has 8 nitrogen and oxygen atoms in total. The molecule has 0 fully saturated rings. The fraction of sp³-hybridized carbons (Fsp3) is 0.217. The second-order valence-electron chi connectivity index (χ2n) is 7.25. The first-order chi connectivity index (χ1) is 14.8. The second kappa shape index (κ2) is 9.71. The maximum atomic E-state index is 12.1. The molecule has 0 atom stereocenters. The van der Waals surface area contributed by atoms with Gasteiger partial charge in [0.1, 0.15) is 17.3 Å². The van der Waals surface area contributed by atoms with Crippen LogP contribution in [0.2, 0.25) is 0 Å². The van der Waals surface area contributed by atoms with Gasteiger partial charge >= 0.3 is 0 Å². The Labute approximate surface area is 179 Å². The number of nitrogens with zero attached hydrogens (tertiary/aromatic N) is 2. The van der Waals surface area contributed by atoms with E-state index in [0.717, 1.165) is 11.1 Å². The fourth-order valence-electron chi connectivity index (χ4n) is 3.00. The zero-order valence-electron chi connectivity index (χ0n) is 17.5. The number of nitro groups is 1. The van der Waals surface area contributed by atoms with Crippen molar-refractivity contribution in [1.82, 2.24) is 5.43 Å². The first kappa shape index (κ1) is 21.8. The maximum Gasteiger partial charge on any atom is 0.280 e. The molecule has 0 unspecified atom stereocenters. The Balaban J connectivity index is 1.59. The molecule has 0 aliphatic rings. The van der Waals surface area contributed by atoms with E-state index in [1.165, 1.54) is 12.3 Å². The molecule has 3 rings (SSSR count). The highest BCUT2D eigenvalue weighted by molar-refractivity contribution is 5.82. The van der Waals surface area contributed by atoms with Crippen LogP contribution in [0.25, 0.3) is 11.3 Å². The van der Waals surface area contributed by atoms with Gasteiger partial charge in [0.2, 0.25) is 0 Å². The Bertz CT molecular complexity index is 1120. The first-order valence-electron chi connectivity index (χ1n) is 9.74. The van der Waals surface area contributed by atoms with Crippen LogP contribution in [-0.2, 0) is 4.79 Å². The number of furan rings is 1. The Hall–Kier alpha value is -3.94. The van der Waals surface area contributed by atoms with Gasteiger partial charge in [-0.2, -0.15) is 5.10 Å². The van der Waals surface area contributed by atoms with Crippen molar-refractivity contribution < 1.29 is 18.9 Å². The van der Waals surface area contributed by atoms with Crippen molar-refractivity contribution in [1.29, 1.82) is 0 Å². The molecule has 1 heterocycles. The van der Waals surface area contributed by atoms with Crippen LogP contribution >= 0.6 is 0 Å². The summed E-state index contributed by atoms with van der Waals surface area (Å²) in [5, 5.41) is 15.0. The van der Waals surface area contributed by atoms with Crippen LogP contribution in [0.1, 0.15) is 36.7 Å². The van der Waals surface area contributed by atoms with Gasteiger partial charge < -0.3 is 9.15 Å². The molecule has 1 N–H and O–H groups in total. The van der Waals surface area contributed by atoms with Gasteiger partial charge in [0.05, 0.1) is 16.7 Å². The summed E-state index contributed by atoms with van der Waals surface area (Å²) in [6, 6.07) is 15.4. The molecule has 2 aromatic carbocycles. The highest BCUT2D eigenvalue weighted by Gasteiger charge is 2.17. The summed E-state index contributed by atoms with van der Waals surface area (Å²) in [6.07, 6.45) is 1.32. The van der Waals surface area contributed by atoms with Crippen molar-refractivity contribution in [3.63, 3.8) is 0 Å². The minimum absolute atomic E-state index is 0.0531. The fourth-order valence-corrected chi connectivity index (χ4v) is 3.00. The lowest BCUT2D eigenvalue weighted by Gasteiger charge is -2.14. The Morgan fingerprint density at radius 1 is 1.23 bits per heavy atom. The van der Waals surface area contributed by atoms with Gasteiger partial charge in [0, 0.05) is 6.07 Å². The van der Waals surface area contributed by atoms with Crippen LogP contribution in [0.15, 0.2) is 64.1 Å². The Morgan fingerprint density at radius 2 is 2.00 bits per heavy atom. The third-order valence-electron chi connectivity index (χ3n) is 4.52. The molecular weight excluding hydrogens is 398 g/mol. The van der Waals surface area contributed by atoms with Gasteiger partial charge in [-0.15, -0.1) is 0 Å². The molecule has 0 aliphatic carbocycles. The number of carbonyl (C=O) groups excluding carboxylic acids is 1. The molecule has 0 saturated carbocycles. The summed E-state index contributed by atoms with van der Waals surface area (Å²) in [4.78, 5) is 22.8. The van der Waals surface area contributed by atoms with Crippen LogP contribution in [0.5, 0.6) is 5.75 Å². The first-order valence-corrected chi connectivity index (χ1v) is 9.74. The molecular formula is C23H23N3O5. The predicted octanol–water partition coefficient (Wildman–Crippen LogP) is 4.82. The summed E-state index contributed by atoms with van der Waals surface area (Å²) in [6.45, 7) is 5.90. The number of hydrazone groups is 1. The monoisotopic (exact) mass is 421 g/mol. The predicted molar refractivity (Wildman–Crippen MR) is 117 cm³/mol. The lowest BCUT2D eigenvalue weighted by molar-refractivity contribution is -0.384. The molecule has 8 heteroatoms. The lowest BCUT2D eigenvalue weighted by atomic mass is 10.0. The molecule has 1 amide bonds. The van der Waals surface area contributed by atoms with Crippen molar-refractivity contribution in [3.8, 4) is 17.1 Å². The van der Waals surface area contributed by atoms with Crippen molar-refractivity contribution in [2.45, 2.75) is 26.7 Å². The van der Waals surface area contributed by atoms with E-state index in [9.17, 15) is 14.9 Å². The molecule has 1 aromatic heterocycles. The molecule has 0 radical (unpaired) electrons. The zero-order valence-corrected chi connectivity index (χ0v) is 17.5. The normalized spacial score (nSPS) is 11.1. The lowest BCUT2D eigenvalue weighted by Crippen LogP contribution is -2.24. The number of benzene rings is 2. The number of hydrogen-bond acceptors (Lipinski definition) is 6. The summed E-state index contributed by atoms with van der Waals surface area (Å²) in [5.41, 5.74) is 4.77. The number of carbonyl (C=O) groups is 1. The minimum atomic E-state index is -0.467. The van der Waals surface area contributed by atoms with Gasteiger partial charge in [-0.05, 0) is 48.2 Å².